The van der Waals surface area contributed by atoms with E-state index in [0.29, 0.717) is 6.42 Å². The third kappa shape index (κ3) is 1.22. The van der Waals surface area contributed by atoms with Crippen molar-refractivity contribution in [2.75, 3.05) is 0 Å². The molecule has 1 aliphatic rings. The molecule has 2 heteroatoms. The van der Waals surface area contributed by atoms with Gasteiger partial charge in [-0.2, -0.15) is 0 Å². The first-order valence-electron chi connectivity index (χ1n) is 4.40. The topological polar surface area (TPSA) is 26.3 Å². The smallest absolute Gasteiger partial charge is 0.173 e. The highest BCUT2D eigenvalue weighted by Crippen LogP contribution is 2.34. The molecule has 0 fully saturated rings. The van der Waals surface area contributed by atoms with Crippen LogP contribution in [0.5, 0.6) is 5.75 Å². The number of ketones is 1. The molecular weight excluding hydrogens is 164 g/mol. The first kappa shape index (κ1) is 8.30. The van der Waals surface area contributed by atoms with Gasteiger partial charge >= 0.3 is 0 Å². The van der Waals surface area contributed by atoms with E-state index in [1.807, 2.05) is 31.2 Å². The van der Waals surface area contributed by atoms with Crippen LogP contribution in [-0.4, -0.2) is 11.4 Å². The van der Waals surface area contributed by atoms with E-state index >= 15 is 0 Å². The lowest BCUT2D eigenvalue weighted by Gasteiger charge is -2.19. The number of hydrogen-bond acceptors (Lipinski definition) is 2. The predicted molar refractivity (Wildman–Crippen MR) is 49.9 cm³/mol. The van der Waals surface area contributed by atoms with Gasteiger partial charge in [0.05, 0.1) is 0 Å². The number of para-hydroxylation sites is 1. The Morgan fingerprint density at radius 3 is 2.77 bits per heavy atom. The highest BCUT2D eigenvalue weighted by atomic mass is 16.5. The van der Waals surface area contributed by atoms with Crippen LogP contribution in [0, 0.1) is 0 Å². The molecule has 1 aliphatic heterocycles. The molecule has 2 rings (SSSR count). The van der Waals surface area contributed by atoms with Crippen molar-refractivity contribution in [2.24, 2.45) is 0 Å². The molecule has 2 nitrogen and oxygen atoms in total. The predicted octanol–water partition coefficient (Wildman–Crippen LogP) is 1.97. The van der Waals surface area contributed by atoms with Gasteiger partial charge in [0.2, 0.25) is 0 Å². The number of fused-ring (bicyclic) bond motifs is 1. The van der Waals surface area contributed by atoms with Crippen molar-refractivity contribution >= 4 is 5.78 Å². The molecule has 0 saturated carbocycles. The van der Waals surface area contributed by atoms with E-state index in [-0.39, 0.29) is 5.78 Å². The SMILES string of the molecule is CC(=O)[C@]1(C)Cc2ccccc2O1. The first-order chi connectivity index (χ1) is 6.12. The quantitative estimate of drug-likeness (QED) is 0.654. The third-order valence-electron chi connectivity index (χ3n) is 2.58. The van der Waals surface area contributed by atoms with E-state index in [4.69, 9.17) is 4.74 Å². The van der Waals surface area contributed by atoms with Crippen LogP contribution in [0.25, 0.3) is 0 Å². The van der Waals surface area contributed by atoms with Gasteiger partial charge in [0, 0.05) is 6.42 Å². The Kier molecular flexibility index (Phi) is 1.65. The van der Waals surface area contributed by atoms with Crippen molar-refractivity contribution < 1.29 is 9.53 Å². The second kappa shape index (κ2) is 2.59. The lowest BCUT2D eigenvalue weighted by molar-refractivity contribution is -0.129. The Hall–Kier alpha value is -1.31. The second-order valence-corrected chi connectivity index (χ2v) is 3.67. The molecule has 0 saturated heterocycles. The maximum Gasteiger partial charge on any atom is 0.173 e. The number of carbonyl (C=O) groups excluding carboxylic acids is 1. The van der Waals surface area contributed by atoms with Crippen LogP contribution in [0.15, 0.2) is 24.3 Å². The van der Waals surface area contributed by atoms with Crippen molar-refractivity contribution in [2.45, 2.75) is 25.9 Å². The maximum atomic E-state index is 11.3. The Bertz CT molecular complexity index is 330. The summed E-state index contributed by atoms with van der Waals surface area (Å²) in [5.74, 6) is 0.934. The minimum atomic E-state index is -0.635. The second-order valence-electron chi connectivity index (χ2n) is 3.67. The normalized spacial score (nSPS) is 25.1. The van der Waals surface area contributed by atoms with Gasteiger partial charge in [-0.05, 0) is 25.5 Å². The van der Waals surface area contributed by atoms with E-state index in [1.54, 1.807) is 6.92 Å². The van der Waals surface area contributed by atoms with Crippen LogP contribution in [-0.2, 0) is 11.2 Å². The summed E-state index contributed by atoms with van der Waals surface area (Å²) in [6, 6.07) is 7.80. The number of Topliss-reactive ketones (excluding diaryl/α,β-unsaturated/α-hetero) is 1. The van der Waals surface area contributed by atoms with Crippen molar-refractivity contribution in [3.05, 3.63) is 29.8 Å². The monoisotopic (exact) mass is 176 g/mol. The zero-order valence-electron chi connectivity index (χ0n) is 7.83. The summed E-state index contributed by atoms with van der Waals surface area (Å²) in [4.78, 5) is 11.3. The lowest BCUT2D eigenvalue weighted by Crippen LogP contribution is -2.38. The molecule has 0 N–H and O–H groups in total. The van der Waals surface area contributed by atoms with Crippen LogP contribution in [0.4, 0.5) is 0 Å². The molecule has 0 amide bonds. The molecular formula is C11H12O2. The van der Waals surface area contributed by atoms with Crippen LogP contribution in [0.1, 0.15) is 19.4 Å². The molecule has 0 spiro atoms. The molecule has 0 unspecified atom stereocenters. The Balaban J connectivity index is 2.37. The minimum absolute atomic E-state index is 0.0868. The van der Waals surface area contributed by atoms with Crippen molar-refractivity contribution in [3.8, 4) is 5.75 Å². The summed E-state index contributed by atoms with van der Waals surface area (Å²) in [5, 5.41) is 0. The summed E-state index contributed by atoms with van der Waals surface area (Å²) in [7, 11) is 0. The summed E-state index contributed by atoms with van der Waals surface area (Å²) < 4.78 is 5.61. The van der Waals surface area contributed by atoms with Gasteiger partial charge in [-0.15, -0.1) is 0 Å². The molecule has 1 aromatic rings. The third-order valence-corrected chi connectivity index (χ3v) is 2.58. The van der Waals surface area contributed by atoms with Crippen LogP contribution >= 0.6 is 0 Å². The number of rotatable bonds is 1. The van der Waals surface area contributed by atoms with Gasteiger partial charge in [-0.1, -0.05) is 18.2 Å². The zero-order chi connectivity index (χ0) is 9.47. The summed E-state index contributed by atoms with van der Waals surface area (Å²) in [6.45, 7) is 3.42. The number of hydrogen-bond donors (Lipinski definition) is 0. The molecule has 0 aliphatic carbocycles. The number of benzene rings is 1. The highest BCUT2D eigenvalue weighted by Gasteiger charge is 2.38. The van der Waals surface area contributed by atoms with Crippen LogP contribution < -0.4 is 4.74 Å². The summed E-state index contributed by atoms with van der Waals surface area (Å²) >= 11 is 0. The number of carbonyl (C=O) groups is 1. The van der Waals surface area contributed by atoms with Crippen molar-refractivity contribution in [3.63, 3.8) is 0 Å². The van der Waals surface area contributed by atoms with Gasteiger partial charge in [0.15, 0.2) is 11.4 Å². The Labute approximate surface area is 77.5 Å². The molecule has 68 valence electrons. The van der Waals surface area contributed by atoms with Gasteiger partial charge in [-0.25, -0.2) is 0 Å². The lowest BCUT2D eigenvalue weighted by atomic mass is 9.96. The fourth-order valence-electron chi connectivity index (χ4n) is 1.59. The largest absolute Gasteiger partial charge is 0.479 e. The molecule has 1 atom stereocenters. The van der Waals surface area contributed by atoms with Gasteiger partial charge < -0.3 is 4.74 Å². The average Bonchev–Trinajstić information content (AvgIpc) is 2.42. The maximum absolute atomic E-state index is 11.3. The molecule has 1 aromatic carbocycles. The summed E-state index contributed by atoms with van der Waals surface area (Å²) in [6.07, 6.45) is 0.693. The van der Waals surface area contributed by atoms with E-state index in [1.165, 1.54) is 0 Å². The van der Waals surface area contributed by atoms with Crippen molar-refractivity contribution in [1.82, 2.24) is 0 Å². The molecule has 0 bridgehead atoms. The summed E-state index contributed by atoms with van der Waals surface area (Å²) in [5.41, 5.74) is 0.490. The van der Waals surface area contributed by atoms with E-state index in [2.05, 4.69) is 0 Å². The van der Waals surface area contributed by atoms with Crippen molar-refractivity contribution in [1.29, 1.82) is 0 Å². The van der Waals surface area contributed by atoms with E-state index in [0.717, 1.165) is 11.3 Å². The zero-order valence-corrected chi connectivity index (χ0v) is 7.83. The van der Waals surface area contributed by atoms with E-state index in [9.17, 15) is 4.79 Å². The van der Waals surface area contributed by atoms with Gasteiger partial charge in [0.1, 0.15) is 5.75 Å². The standard InChI is InChI=1S/C11H12O2/c1-8(12)11(2)7-9-5-3-4-6-10(9)13-11/h3-6H,7H2,1-2H3/t11-/m0/s1. The van der Waals surface area contributed by atoms with Gasteiger partial charge in [-0.3, -0.25) is 4.79 Å². The van der Waals surface area contributed by atoms with Crippen LogP contribution in [0.3, 0.4) is 0 Å². The Morgan fingerprint density at radius 1 is 1.46 bits per heavy atom. The highest BCUT2D eigenvalue weighted by molar-refractivity contribution is 5.86. The molecule has 1 heterocycles. The van der Waals surface area contributed by atoms with Crippen LogP contribution in [0.2, 0.25) is 0 Å². The van der Waals surface area contributed by atoms with E-state index < -0.39 is 5.60 Å². The molecule has 13 heavy (non-hydrogen) atoms. The minimum Gasteiger partial charge on any atom is -0.479 e. The number of ether oxygens (including phenoxy) is 1. The molecule has 0 radical (unpaired) electrons. The Morgan fingerprint density at radius 2 is 2.15 bits per heavy atom. The van der Waals surface area contributed by atoms with Gasteiger partial charge in [0.25, 0.3) is 0 Å². The average molecular weight is 176 g/mol. The fourth-order valence-corrected chi connectivity index (χ4v) is 1.59. The fraction of sp³-hybridized carbons (Fsp3) is 0.364. The first-order valence-corrected chi connectivity index (χ1v) is 4.40. The molecule has 0 aromatic heterocycles.